The van der Waals surface area contributed by atoms with Crippen LogP contribution in [-0.2, 0) is 11.0 Å². The largest absolute Gasteiger partial charge is 0.508 e. The summed E-state index contributed by atoms with van der Waals surface area (Å²) in [5.74, 6) is 1.41. The summed E-state index contributed by atoms with van der Waals surface area (Å²) in [6.45, 7) is 12.3. The Morgan fingerprint density at radius 2 is 1.33 bits per heavy atom. The number of phenolic OH excluding ortho intramolecular Hbond substituents is 2. The predicted molar refractivity (Wildman–Crippen MR) is 96.0 cm³/mol. The first-order valence-corrected chi connectivity index (χ1v) is 8.37. The highest BCUT2D eigenvalue weighted by molar-refractivity contribution is 5.52. The third kappa shape index (κ3) is 2.52. The first-order chi connectivity index (χ1) is 11.0. The van der Waals surface area contributed by atoms with Crippen LogP contribution in [0.1, 0.15) is 55.0 Å². The van der Waals surface area contributed by atoms with Crippen LogP contribution < -0.4 is 4.74 Å². The molecule has 128 valence electrons. The Balaban J connectivity index is 2.17. The summed E-state index contributed by atoms with van der Waals surface area (Å²) in [4.78, 5) is 0. The first kappa shape index (κ1) is 16.7. The van der Waals surface area contributed by atoms with Gasteiger partial charge in [0, 0.05) is 17.5 Å². The zero-order valence-electron chi connectivity index (χ0n) is 15.3. The molecular formula is C21H26O3. The predicted octanol–water partition coefficient (Wildman–Crippen LogP) is 5.00. The van der Waals surface area contributed by atoms with Gasteiger partial charge in [0.15, 0.2) is 0 Å². The molecule has 0 amide bonds. The molecule has 1 unspecified atom stereocenters. The Hall–Kier alpha value is -2.16. The number of aryl methyl sites for hydroxylation is 3. The van der Waals surface area contributed by atoms with Gasteiger partial charge in [0.25, 0.3) is 0 Å². The van der Waals surface area contributed by atoms with Crippen molar-refractivity contribution in [2.24, 2.45) is 0 Å². The lowest BCUT2D eigenvalue weighted by Crippen LogP contribution is -2.42. The number of hydrogen-bond donors (Lipinski definition) is 2. The van der Waals surface area contributed by atoms with E-state index in [4.69, 9.17) is 4.74 Å². The normalized spacial score (nSPS) is 21.9. The topological polar surface area (TPSA) is 49.7 Å². The van der Waals surface area contributed by atoms with Gasteiger partial charge in [0.1, 0.15) is 22.8 Å². The Labute approximate surface area is 143 Å². The van der Waals surface area contributed by atoms with E-state index >= 15 is 0 Å². The summed E-state index contributed by atoms with van der Waals surface area (Å²) in [6.07, 6.45) is 0.763. The van der Waals surface area contributed by atoms with E-state index in [-0.39, 0.29) is 5.41 Å². The molecule has 0 radical (unpaired) electrons. The lowest BCUT2D eigenvalue weighted by Gasteiger charge is -2.45. The van der Waals surface area contributed by atoms with Gasteiger partial charge in [0.2, 0.25) is 0 Å². The van der Waals surface area contributed by atoms with Crippen molar-refractivity contribution >= 4 is 0 Å². The van der Waals surface area contributed by atoms with Crippen molar-refractivity contribution < 1.29 is 14.9 Å². The Bertz CT molecular complexity index is 820. The van der Waals surface area contributed by atoms with Crippen LogP contribution >= 0.6 is 0 Å². The molecular weight excluding hydrogens is 300 g/mol. The maximum atomic E-state index is 10.2. The van der Waals surface area contributed by atoms with Gasteiger partial charge in [0.05, 0.1) is 0 Å². The molecule has 1 aliphatic rings. The molecule has 0 fully saturated rings. The number of rotatable bonds is 1. The summed E-state index contributed by atoms with van der Waals surface area (Å²) >= 11 is 0. The molecule has 0 aliphatic carbocycles. The van der Waals surface area contributed by atoms with Gasteiger partial charge in [-0.2, -0.15) is 0 Å². The highest BCUT2D eigenvalue weighted by Crippen LogP contribution is 2.51. The second kappa shape index (κ2) is 5.17. The molecule has 1 heterocycles. The molecule has 3 nitrogen and oxygen atoms in total. The monoisotopic (exact) mass is 326 g/mol. The van der Waals surface area contributed by atoms with Crippen molar-refractivity contribution in [1.29, 1.82) is 0 Å². The summed E-state index contributed by atoms with van der Waals surface area (Å²) in [5.41, 5.74) is 4.14. The van der Waals surface area contributed by atoms with Crippen LogP contribution in [0.5, 0.6) is 17.2 Å². The van der Waals surface area contributed by atoms with Crippen molar-refractivity contribution in [3.05, 3.63) is 52.1 Å². The summed E-state index contributed by atoms with van der Waals surface area (Å²) in [5, 5.41) is 20.3. The van der Waals surface area contributed by atoms with Crippen LogP contribution in [0, 0.1) is 20.8 Å². The number of benzene rings is 2. The Morgan fingerprint density at radius 1 is 0.792 bits per heavy atom. The van der Waals surface area contributed by atoms with Crippen molar-refractivity contribution in [3.8, 4) is 17.2 Å². The highest BCUT2D eigenvalue weighted by Gasteiger charge is 2.44. The minimum Gasteiger partial charge on any atom is -0.508 e. The van der Waals surface area contributed by atoms with Crippen molar-refractivity contribution in [1.82, 2.24) is 0 Å². The van der Waals surface area contributed by atoms with Crippen LogP contribution in [0.25, 0.3) is 0 Å². The molecule has 24 heavy (non-hydrogen) atoms. The van der Waals surface area contributed by atoms with Gasteiger partial charge < -0.3 is 14.9 Å². The lowest BCUT2D eigenvalue weighted by molar-refractivity contribution is 0.0315. The van der Waals surface area contributed by atoms with Crippen LogP contribution in [0.2, 0.25) is 0 Å². The minimum atomic E-state index is -0.533. The SMILES string of the molecule is Cc1cc2c(cc1O)C(C)(C)CC(C)(c1cc(O)c(C)cc1C)O2. The van der Waals surface area contributed by atoms with Gasteiger partial charge in [-0.15, -0.1) is 0 Å². The van der Waals surface area contributed by atoms with Gasteiger partial charge in [-0.3, -0.25) is 0 Å². The number of phenols is 2. The fourth-order valence-electron chi connectivity index (χ4n) is 4.06. The Kier molecular flexibility index (Phi) is 3.59. The van der Waals surface area contributed by atoms with Crippen molar-refractivity contribution in [2.45, 2.75) is 59.0 Å². The average molecular weight is 326 g/mol. The third-order valence-electron chi connectivity index (χ3n) is 5.25. The summed E-state index contributed by atoms with van der Waals surface area (Å²) in [7, 11) is 0. The van der Waals surface area contributed by atoms with Crippen molar-refractivity contribution in [3.63, 3.8) is 0 Å². The van der Waals surface area contributed by atoms with E-state index in [2.05, 4.69) is 27.7 Å². The van der Waals surface area contributed by atoms with Gasteiger partial charge in [-0.05, 0) is 68.0 Å². The van der Waals surface area contributed by atoms with E-state index in [0.717, 1.165) is 40.0 Å². The summed E-state index contributed by atoms with van der Waals surface area (Å²) < 4.78 is 6.43. The smallest absolute Gasteiger partial charge is 0.132 e. The number of fused-ring (bicyclic) bond motifs is 1. The zero-order valence-corrected chi connectivity index (χ0v) is 15.3. The molecule has 0 bridgehead atoms. The maximum Gasteiger partial charge on any atom is 0.132 e. The quantitative estimate of drug-likeness (QED) is 0.775. The number of aromatic hydroxyl groups is 2. The molecule has 1 atom stereocenters. The number of ether oxygens (including phenoxy) is 1. The molecule has 3 heteroatoms. The maximum absolute atomic E-state index is 10.2. The highest BCUT2D eigenvalue weighted by atomic mass is 16.5. The van der Waals surface area contributed by atoms with E-state index in [1.54, 1.807) is 0 Å². The van der Waals surface area contributed by atoms with E-state index in [9.17, 15) is 10.2 Å². The van der Waals surface area contributed by atoms with Gasteiger partial charge in [-0.25, -0.2) is 0 Å². The van der Waals surface area contributed by atoms with E-state index in [1.165, 1.54) is 0 Å². The molecule has 2 N–H and O–H groups in total. The second-order valence-corrected chi connectivity index (χ2v) is 7.98. The van der Waals surface area contributed by atoms with Crippen molar-refractivity contribution in [2.75, 3.05) is 0 Å². The van der Waals surface area contributed by atoms with E-state index in [1.807, 2.05) is 38.1 Å². The number of hydrogen-bond acceptors (Lipinski definition) is 3. The minimum absolute atomic E-state index is 0.152. The third-order valence-corrected chi connectivity index (χ3v) is 5.25. The Morgan fingerprint density at radius 3 is 1.96 bits per heavy atom. The fourth-order valence-corrected chi connectivity index (χ4v) is 4.06. The van der Waals surface area contributed by atoms with Crippen LogP contribution in [-0.4, -0.2) is 10.2 Å². The lowest BCUT2D eigenvalue weighted by atomic mass is 9.70. The molecule has 2 aromatic carbocycles. The molecule has 0 saturated carbocycles. The molecule has 0 spiro atoms. The molecule has 2 aromatic rings. The van der Waals surface area contributed by atoms with E-state index < -0.39 is 5.60 Å². The van der Waals surface area contributed by atoms with E-state index in [0.29, 0.717) is 11.5 Å². The molecule has 0 aromatic heterocycles. The second-order valence-electron chi connectivity index (χ2n) is 7.98. The van der Waals surface area contributed by atoms with Crippen LogP contribution in [0.15, 0.2) is 24.3 Å². The molecule has 3 rings (SSSR count). The van der Waals surface area contributed by atoms with Gasteiger partial charge in [-0.1, -0.05) is 19.9 Å². The zero-order chi connectivity index (χ0) is 17.9. The van der Waals surface area contributed by atoms with Crippen LogP contribution in [0.4, 0.5) is 0 Å². The van der Waals surface area contributed by atoms with Crippen LogP contribution in [0.3, 0.4) is 0 Å². The first-order valence-electron chi connectivity index (χ1n) is 8.37. The fraction of sp³-hybridized carbons (Fsp3) is 0.429. The average Bonchev–Trinajstić information content (AvgIpc) is 2.44. The van der Waals surface area contributed by atoms with Gasteiger partial charge >= 0.3 is 0 Å². The molecule has 1 aliphatic heterocycles. The summed E-state index contributed by atoms with van der Waals surface area (Å²) in [6, 6.07) is 7.57. The molecule has 0 saturated heterocycles. The standard InChI is InChI=1S/C21H26O3/c1-12-7-13(2)17(22)9-15(12)21(6)11-20(4,5)16-10-18(23)14(3)8-19(16)24-21/h7-10,22-23H,11H2,1-6H3.